The number of pyridine rings is 1. The fourth-order valence-corrected chi connectivity index (χ4v) is 2.58. The molecule has 0 amide bonds. The summed E-state index contributed by atoms with van der Waals surface area (Å²) in [4.78, 5) is 3.89. The highest BCUT2D eigenvalue weighted by Gasteiger charge is 2.18. The average molecular weight is 287 g/mol. The molecule has 0 aliphatic heterocycles. The average Bonchev–Trinajstić information content (AvgIpc) is 2.37. The first kappa shape index (κ1) is 15.9. The topological polar surface area (TPSA) is 80.3 Å². The SMILES string of the molecule is CNc1cccnc1S(=O)(=O)NCCOCC(C)C. The third-order valence-corrected chi connectivity index (χ3v) is 3.70. The number of hydrogen-bond acceptors (Lipinski definition) is 5. The molecular formula is C12H21N3O3S. The van der Waals surface area contributed by atoms with Gasteiger partial charge < -0.3 is 10.1 Å². The van der Waals surface area contributed by atoms with Crippen LogP contribution in [0.5, 0.6) is 0 Å². The zero-order valence-electron chi connectivity index (χ0n) is 11.5. The number of hydrogen-bond donors (Lipinski definition) is 2. The second-order valence-electron chi connectivity index (χ2n) is 4.47. The standard InChI is InChI=1S/C12H21N3O3S/c1-10(2)9-18-8-7-15-19(16,17)12-11(13-3)5-4-6-14-12/h4-6,10,13,15H,7-9H2,1-3H3. The van der Waals surface area contributed by atoms with Gasteiger partial charge in [-0.05, 0) is 18.1 Å². The number of ether oxygens (including phenoxy) is 1. The quantitative estimate of drug-likeness (QED) is 0.699. The summed E-state index contributed by atoms with van der Waals surface area (Å²) in [6.07, 6.45) is 1.45. The van der Waals surface area contributed by atoms with Gasteiger partial charge in [-0.2, -0.15) is 0 Å². The first-order chi connectivity index (χ1) is 8.97. The molecule has 0 bridgehead atoms. The van der Waals surface area contributed by atoms with Gasteiger partial charge in [0.25, 0.3) is 10.0 Å². The van der Waals surface area contributed by atoms with E-state index in [0.717, 1.165) is 0 Å². The van der Waals surface area contributed by atoms with Crippen molar-refractivity contribution in [3.63, 3.8) is 0 Å². The molecule has 7 heteroatoms. The Balaban J connectivity index is 2.56. The molecule has 1 heterocycles. The van der Waals surface area contributed by atoms with Gasteiger partial charge in [0.1, 0.15) is 0 Å². The van der Waals surface area contributed by atoms with Gasteiger partial charge in [-0.3, -0.25) is 0 Å². The third-order valence-electron chi connectivity index (χ3n) is 2.28. The van der Waals surface area contributed by atoms with Crippen molar-refractivity contribution in [2.24, 2.45) is 5.92 Å². The van der Waals surface area contributed by atoms with E-state index in [2.05, 4.69) is 15.0 Å². The van der Waals surface area contributed by atoms with Crippen LogP contribution in [-0.4, -0.2) is 40.2 Å². The molecule has 1 rings (SSSR count). The Bertz CT molecular complexity index is 489. The maximum atomic E-state index is 12.0. The summed E-state index contributed by atoms with van der Waals surface area (Å²) in [7, 11) is -1.95. The lowest BCUT2D eigenvalue weighted by atomic mass is 10.2. The van der Waals surface area contributed by atoms with Crippen LogP contribution in [0, 0.1) is 5.92 Å². The Labute approximate surface area is 114 Å². The fourth-order valence-electron chi connectivity index (χ4n) is 1.43. The van der Waals surface area contributed by atoms with Crippen molar-refractivity contribution >= 4 is 15.7 Å². The van der Waals surface area contributed by atoms with Crippen molar-refractivity contribution < 1.29 is 13.2 Å². The first-order valence-electron chi connectivity index (χ1n) is 6.17. The van der Waals surface area contributed by atoms with Crippen molar-refractivity contribution in [2.45, 2.75) is 18.9 Å². The molecule has 0 aliphatic rings. The molecule has 0 radical (unpaired) electrons. The van der Waals surface area contributed by atoms with Gasteiger partial charge in [0, 0.05) is 26.4 Å². The van der Waals surface area contributed by atoms with Crippen LogP contribution < -0.4 is 10.0 Å². The number of nitrogens with one attached hydrogen (secondary N) is 2. The van der Waals surface area contributed by atoms with E-state index in [1.807, 2.05) is 13.8 Å². The predicted octanol–water partition coefficient (Wildman–Crippen LogP) is 1.07. The summed E-state index contributed by atoms with van der Waals surface area (Å²) in [5.74, 6) is 0.434. The van der Waals surface area contributed by atoms with Crippen molar-refractivity contribution in [3.05, 3.63) is 18.3 Å². The van der Waals surface area contributed by atoms with E-state index in [9.17, 15) is 8.42 Å². The maximum absolute atomic E-state index is 12.0. The molecule has 0 atom stereocenters. The molecule has 0 aromatic carbocycles. The second-order valence-corrected chi connectivity index (χ2v) is 6.15. The molecule has 0 aliphatic carbocycles. The van der Waals surface area contributed by atoms with Gasteiger partial charge in [-0.15, -0.1) is 0 Å². The van der Waals surface area contributed by atoms with Crippen LogP contribution in [0.3, 0.4) is 0 Å². The van der Waals surface area contributed by atoms with Gasteiger partial charge in [-0.1, -0.05) is 13.8 Å². The van der Waals surface area contributed by atoms with E-state index < -0.39 is 10.0 Å². The van der Waals surface area contributed by atoms with Gasteiger partial charge >= 0.3 is 0 Å². The lowest BCUT2D eigenvalue weighted by molar-refractivity contribution is 0.114. The minimum atomic E-state index is -3.61. The predicted molar refractivity (Wildman–Crippen MR) is 74.6 cm³/mol. The van der Waals surface area contributed by atoms with E-state index >= 15 is 0 Å². The number of nitrogens with zero attached hydrogens (tertiary/aromatic N) is 1. The molecular weight excluding hydrogens is 266 g/mol. The Morgan fingerprint density at radius 3 is 2.79 bits per heavy atom. The van der Waals surface area contributed by atoms with Crippen molar-refractivity contribution in [1.29, 1.82) is 0 Å². The summed E-state index contributed by atoms with van der Waals surface area (Å²) in [5.41, 5.74) is 0.470. The molecule has 108 valence electrons. The molecule has 1 aromatic rings. The van der Waals surface area contributed by atoms with Crippen LogP contribution in [-0.2, 0) is 14.8 Å². The number of sulfonamides is 1. The Morgan fingerprint density at radius 2 is 2.16 bits per heavy atom. The van der Waals surface area contributed by atoms with Crippen LogP contribution in [0.4, 0.5) is 5.69 Å². The fraction of sp³-hybridized carbons (Fsp3) is 0.583. The Kier molecular flexibility index (Phi) is 6.20. The van der Waals surface area contributed by atoms with Gasteiger partial charge in [0.2, 0.25) is 0 Å². The molecule has 6 nitrogen and oxygen atoms in total. The molecule has 0 saturated carbocycles. The van der Waals surface area contributed by atoms with Crippen molar-refractivity contribution in [3.8, 4) is 0 Å². The minimum Gasteiger partial charge on any atom is -0.386 e. The van der Waals surface area contributed by atoms with E-state index in [0.29, 0.717) is 24.8 Å². The van der Waals surface area contributed by atoms with Crippen LogP contribution >= 0.6 is 0 Å². The Hall–Kier alpha value is -1.18. The largest absolute Gasteiger partial charge is 0.386 e. The van der Waals surface area contributed by atoms with Gasteiger partial charge in [-0.25, -0.2) is 18.1 Å². The van der Waals surface area contributed by atoms with Crippen LogP contribution in [0.2, 0.25) is 0 Å². The molecule has 2 N–H and O–H groups in total. The smallest absolute Gasteiger partial charge is 0.260 e. The highest BCUT2D eigenvalue weighted by molar-refractivity contribution is 7.89. The normalized spacial score (nSPS) is 11.8. The summed E-state index contributed by atoms with van der Waals surface area (Å²) in [6.45, 7) is 5.27. The van der Waals surface area contributed by atoms with Crippen molar-refractivity contribution in [2.75, 3.05) is 32.1 Å². The lowest BCUT2D eigenvalue weighted by Crippen LogP contribution is -2.29. The summed E-state index contributed by atoms with van der Waals surface area (Å²) in [5, 5.41) is 2.81. The lowest BCUT2D eigenvalue weighted by Gasteiger charge is -2.10. The summed E-state index contributed by atoms with van der Waals surface area (Å²) in [6, 6.07) is 3.34. The number of rotatable bonds is 8. The molecule has 0 fully saturated rings. The third kappa shape index (κ3) is 5.14. The first-order valence-corrected chi connectivity index (χ1v) is 7.66. The Morgan fingerprint density at radius 1 is 1.42 bits per heavy atom. The van der Waals surface area contributed by atoms with Crippen LogP contribution in [0.1, 0.15) is 13.8 Å². The molecule has 0 spiro atoms. The molecule has 0 unspecified atom stereocenters. The maximum Gasteiger partial charge on any atom is 0.260 e. The van der Waals surface area contributed by atoms with Gasteiger partial charge in [0.15, 0.2) is 5.03 Å². The van der Waals surface area contributed by atoms with Crippen molar-refractivity contribution in [1.82, 2.24) is 9.71 Å². The zero-order chi connectivity index (χ0) is 14.3. The number of aromatic nitrogens is 1. The van der Waals surface area contributed by atoms with E-state index in [1.165, 1.54) is 6.20 Å². The minimum absolute atomic E-state index is 0.00126. The molecule has 1 aromatic heterocycles. The molecule has 19 heavy (non-hydrogen) atoms. The van der Waals surface area contributed by atoms with E-state index in [1.54, 1.807) is 19.2 Å². The zero-order valence-corrected chi connectivity index (χ0v) is 12.3. The van der Waals surface area contributed by atoms with Crippen LogP contribution in [0.15, 0.2) is 23.4 Å². The van der Waals surface area contributed by atoms with Gasteiger partial charge in [0.05, 0.1) is 12.3 Å². The summed E-state index contributed by atoms with van der Waals surface area (Å²) < 4.78 is 31.9. The van der Waals surface area contributed by atoms with E-state index in [4.69, 9.17) is 4.74 Å². The molecule has 0 saturated heterocycles. The van der Waals surface area contributed by atoms with E-state index in [-0.39, 0.29) is 11.6 Å². The summed E-state index contributed by atoms with van der Waals surface area (Å²) >= 11 is 0. The highest BCUT2D eigenvalue weighted by Crippen LogP contribution is 2.16. The second kappa shape index (κ2) is 7.42. The highest BCUT2D eigenvalue weighted by atomic mass is 32.2. The number of anilines is 1. The monoisotopic (exact) mass is 287 g/mol. The van der Waals surface area contributed by atoms with Crippen LogP contribution in [0.25, 0.3) is 0 Å².